The van der Waals surface area contributed by atoms with E-state index in [1.54, 1.807) is 6.08 Å². The first kappa shape index (κ1) is 18.5. The maximum atomic E-state index is 5.64. The summed E-state index contributed by atoms with van der Waals surface area (Å²) in [4.78, 5) is 6.64. The van der Waals surface area contributed by atoms with Gasteiger partial charge in [0.25, 0.3) is 0 Å². The monoisotopic (exact) mass is 345 g/mol. The van der Waals surface area contributed by atoms with Crippen molar-refractivity contribution in [3.63, 3.8) is 0 Å². The predicted octanol–water partition coefficient (Wildman–Crippen LogP) is 3.21. The lowest BCUT2D eigenvalue weighted by Crippen LogP contribution is -2.45. The molecule has 1 saturated heterocycles. The van der Waals surface area contributed by atoms with Crippen LogP contribution in [0.2, 0.25) is 0 Å². The van der Waals surface area contributed by atoms with E-state index in [0.717, 1.165) is 31.9 Å². The van der Waals surface area contributed by atoms with Crippen LogP contribution in [0.5, 0.6) is 5.75 Å². The van der Waals surface area contributed by atoms with Crippen molar-refractivity contribution in [3.05, 3.63) is 72.6 Å². The zero-order valence-electron chi connectivity index (χ0n) is 13.7. The third-order valence-electron chi connectivity index (χ3n) is 4.10. The van der Waals surface area contributed by atoms with E-state index in [1.165, 1.54) is 11.1 Å². The first-order valence-corrected chi connectivity index (χ1v) is 8.04. The van der Waals surface area contributed by atoms with Gasteiger partial charge in [0.05, 0.1) is 0 Å². The van der Waals surface area contributed by atoms with Gasteiger partial charge in [-0.15, -0.1) is 12.4 Å². The molecule has 5 heteroatoms. The minimum absolute atomic E-state index is 0. The Morgan fingerprint density at radius 2 is 2.12 bits per heavy atom. The highest BCUT2D eigenvalue weighted by atomic mass is 35.5. The summed E-state index contributed by atoms with van der Waals surface area (Å²) >= 11 is 0. The summed E-state index contributed by atoms with van der Waals surface area (Å²) in [6, 6.07) is 12.9. The van der Waals surface area contributed by atoms with Crippen LogP contribution in [0, 0.1) is 0 Å². The minimum Gasteiger partial charge on any atom is -0.490 e. The van der Waals surface area contributed by atoms with Crippen LogP contribution in [0.3, 0.4) is 0 Å². The van der Waals surface area contributed by atoms with E-state index in [4.69, 9.17) is 4.74 Å². The van der Waals surface area contributed by atoms with Crippen molar-refractivity contribution in [2.24, 2.45) is 0 Å². The first-order chi connectivity index (χ1) is 11.4. The molecule has 0 saturated carbocycles. The van der Waals surface area contributed by atoms with Crippen molar-refractivity contribution < 1.29 is 4.74 Å². The summed E-state index contributed by atoms with van der Waals surface area (Å²) in [6.45, 7) is 8.17. The summed E-state index contributed by atoms with van der Waals surface area (Å²) in [5.41, 5.74) is 2.58. The number of nitrogens with zero attached hydrogens (tertiary/aromatic N) is 2. The summed E-state index contributed by atoms with van der Waals surface area (Å²) in [6.07, 6.45) is 5.50. The predicted molar refractivity (Wildman–Crippen MR) is 99.6 cm³/mol. The molecule has 1 aromatic heterocycles. The lowest BCUT2D eigenvalue weighted by atomic mass is 10.0. The van der Waals surface area contributed by atoms with Gasteiger partial charge in [0.2, 0.25) is 0 Å². The van der Waals surface area contributed by atoms with E-state index in [0.29, 0.717) is 12.6 Å². The van der Waals surface area contributed by atoms with Crippen LogP contribution in [-0.2, 0) is 6.54 Å². The minimum atomic E-state index is 0. The van der Waals surface area contributed by atoms with E-state index in [1.807, 2.05) is 18.5 Å². The Labute approximate surface area is 150 Å². The van der Waals surface area contributed by atoms with Crippen LogP contribution in [0.25, 0.3) is 0 Å². The smallest absolute Gasteiger partial charge is 0.120 e. The van der Waals surface area contributed by atoms with Crippen molar-refractivity contribution in [1.82, 2.24) is 15.2 Å². The van der Waals surface area contributed by atoms with Gasteiger partial charge in [-0.2, -0.15) is 0 Å². The van der Waals surface area contributed by atoms with Gasteiger partial charge >= 0.3 is 0 Å². The molecule has 1 aliphatic rings. The highest BCUT2D eigenvalue weighted by Gasteiger charge is 2.23. The molecule has 2 heterocycles. The van der Waals surface area contributed by atoms with Crippen LogP contribution in [0.1, 0.15) is 17.2 Å². The lowest BCUT2D eigenvalue weighted by Gasteiger charge is -2.36. The molecule has 1 fully saturated rings. The van der Waals surface area contributed by atoms with Crippen molar-refractivity contribution >= 4 is 12.4 Å². The maximum absolute atomic E-state index is 5.64. The van der Waals surface area contributed by atoms with E-state index >= 15 is 0 Å². The van der Waals surface area contributed by atoms with Gasteiger partial charge < -0.3 is 10.1 Å². The zero-order chi connectivity index (χ0) is 15.9. The van der Waals surface area contributed by atoms with Crippen molar-refractivity contribution in [2.45, 2.75) is 12.6 Å². The number of hydrogen-bond donors (Lipinski definition) is 1. The van der Waals surface area contributed by atoms with Gasteiger partial charge in [-0.1, -0.05) is 24.8 Å². The Morgan fingerprint density at radius 3 is 2.92 bits per heavy atom. The van der Waals surface area contributed by atoms with E-state index in [-0.39, 0.29) is 12.4 Å². The maximum Gasteiger partial charge on any atom is 0.120 e. The van der Waals surface area contributed by atoms with Crippen molar-refractivity contribution in [1.29, 1.82) is 0 Å². The molecular formula is C19H24ClN3O. The SMILES string of the molecule is C=CCOc1cccc(CN2CCNCC2c2ccncc2)c1.Cl. The first-order valence-electron chi connectivity index (χ1n) is 8.04. The van der Waals surface area contributed by atoms with Crippen molar-refractivity contribution in [2.75, 3.05) is 26.2 Å². The largest absolute Gasteiger partial charge is 0.490 e. The van der Waals surface area contributed by atoms with Gasteiger partial charge in [0, 0.05) is 44.6 Å². The highest BCUT2D eigenvalue weighted by molar-refractivity contribution is 5.85. The molecule has 0 amide bonds. The second-order valence-electron chi connectivity index (χ2n) is 5.72. The molecular weight excluding hydrogens is 322 g/mol. The van der Waals surface area contributed by atoms with Crippen LogP contribution < -0.4 is 10.1 Å². The quantitative estimate of drug-likeness (QED) is 0.816. The molecule has 1 aliphatic heterocycles. The summed E-state index contributed by atoms with van der Waals surface area (Å²) in [5, 5.41) is 3.49. The molecule has 0 radical (unpaired) electrons. The average molecular weight is 346 g/mol. The van der Waals surface area contributed by atoms with E-state index in [9.17, 15) is 0 Å². The molecule has 0 bridgehead atoms. The summed E-state index contributed by atoms with van der Waals surface area (Å²) in [5.74, 6) is 0.901. The van der Waals surface area contributed by atoms with E-state index in [2.05, 4.69) is 52.1 Å². The third-order valence-corrected chi connectivity index (χ3v) is 4.10. The molecule has 128 valence electrons. The molecule has 2 aromatic rings. The number of ether oxygens (including phenoxy) is 1. The Balaban J connectivity index is 0.00000208. The van der Waals surface area contributed by atoms with Gasteiger partial charge in [-0.05, 0) is 35.4 Å². The molecule has 4 nitrogen and oxygen atoms in total. The molecule has 0 aliphatic carbocycles. The second kappa shape index (κ2) is 9.42. The number of hydrogen-bond acceptors (Lipinski definition) is 4. The second-order valence-corrected chi connectivity index (χ2v) is 5.72. The third kappa shape index (κ3) is 4.81. The number of aromatic nitrogens is 1. The van der Waals surface area contributed by atoms with Crippen LogP contribution in [0.4, 0.5) is 0 Å². The average Bonchev–Trinajstić information content (AvgIpc) is 2.61. The van der Waals surface area contributed by atoms with Crippen LogP contribution in [0.15, 0.2) is 61.4 Å². The fourth-order valence-electron chi connectivity index (χ4n) is 2.97. The van der Waals surface area contributed by atoms with Crippen LogP contribution >= 0.6 is 12.4 Å². The molecule has 1 N–H and O–H groups in total. The van der Waals surface area contributed by atoms with E-state index < -0.39 is 0 Å². The van der Waals surface area contributed by atoms with Gasteiger partial charge in [-0.25, -0.2) is 0 Å². The number of nitrogens with one attached hydrogen (secondary N) is 1. The Morgan fingerprint density at radius 1 is 1.29 bits per heavy atom. The molecule has 1 aromatic carbocycles. The van der Waals surface area contributed by atoms with Gasteiger partial charge in [0.15, 0.2) is 0 Å². The number of pyridine rings is 1. The molecule has 3 rings (SSSR count). The normalized spacial score (nSPS) is 17.8. The summed E-state index contributed by atoms with van der Waals surface area (Å²) in [7, 11) is 0. The number of halogens is 1. The Kier molecular flexibility index (Phi) is 7.25. The highest BCUT2D eigenvalue weighted by Crippen LogP contribution is 2.24. The Hall–Kier alpha value is -1.88. The molecule has 0 spiro atoms. The zero-order valence-corrected chi connectivity index (χ0v) is 14.5. The van der Waals surface area contributed by atoms with Gasteiger partial charge in [0.1, 0.15) is 12.4 Å². The standard InChI is InChI=1S/C19H23N3O.ClH/c1-2-12-23-18-5-3-4-16(13-18)15-22-11-10-21-14-19(22)17-6-8-20-9-7-17;/h2-9,13,19,21H,1,10-12,14-15H2;1H. The summed E-state index contributed by atoms with van der Waals surface area (Å²) < 4.78 is 5.64. The topological polar surface area (TPSA) is 37.4 Å². The lowest BCUT2D eigenvalue weighted by molar-refractivity contribution is 0.153. The van der Waals surface area contributed by atoms with Crippen molar-refractivity contribution in [3.8, 4) is 5.75 Å². The fourth-order valence-corrected chi connectivity index (χ4v) is 2.97. The number of rotatable bonds is 6. The fraction of sp³-hybridized carbons (Fsp3) is 0.316. The van der Waals surface area contributed by atoms with Gasteiger partial charge in [-0.3, -0.25) is 9.88 Å². The number of benzene rings is 1. The molecule has 1 unspecified atom stereocenters. The molecule has 1 atom stereocenters. The Bertz CT molecular complexity index is 636. The number of piperazine rings is 1. The van der Waals surface area contributed by atoms with Crippen LogP contribution in [-0.4, -0.2) is 36.1 Å². The molecule has 24 heavy (non-hydrogen) atoms.